The zero-order valence-electron chi connectivity index (χ0n) is 17.3. The van der Waals surface area contributed by atoms with E-state index >= 15 is 0 Å². The molecule has 2 heterocycles. The molecular formula is C26H19ClN2O3. The molecule has 3 aromatic rings. The van der Waals surface area contributed by atoms with Crippen LogP contribution in [0.25, 0.3) is 5.57 Å². The summed E-state index contributed by atoms with van der Waals surface area (Å²) in [6.07, 6.45) is 0. The lowest BCUT2D eigenvalue weighted by molar-refractivity contribution is -0.135. The highest BCUT2D eigenvalue weighted by molar-refractivity contribution is 6.31. The molecule has 6 heteroatoms. The summed E-state index contributed by atoms with van der Waals surface area (Å²) < 4.78 is 0. The number of halogens is 1. The van der Waals surface area contributed by atoms with Crippen molar-refractivity contribution < 1.29 is 14.4 Å². The number of carbonyl (C=O) groups is 3. The van der Waals surface area contributed by atoms with Gasteiger partial charge in [-0.25, -0.2) is 0 Å². The van der Waals surface area contributed by atoms with Gasteiger partial charge >= 0.3 is 0 Å². The summed E-state index contributed by atoms with van der Waals surface area (Å²) in [7, 11) is 0. The minimum absolute atomic E-state index is 0.0880. The van der Waals surface area contributed by atoms with E-state index in [9.17, 15) is 14.4 Å². The summed E-state index contributed by atoms with van der Waals surface area (Å²) in [6.45, 7) is 5.75. The van der Waals surface area contributed by atoms with Crippen LogP contribution in [0.2, 0.25) is 5.02 Å². The zero-order valence-corrected chi connectivity index (χ0v) is 18.1. The number of rotatable bonds is 2. The van der Waals surface area contributed by atoms with E-state index < -0.39 is 17.4 Å². The molecule has 2 aliphatic rings. The quantitative estimate of drug-likeness (QED) is 0.536. The first-order chi connectivity index (χ1) is 15.4. The van der Waals surface area contributed by atoms with E-state index in [1.54, 1.807) is 42.5 Å². The van der Waals surface area contributed by atoms with Crippen LogP contribution in [0, 0.1) is 0 Å². The van der Waals surface area contributed by atoms with E-state index in [0.717, 1.165) is 5.56 Å². The Labute approximate surface area is 190 Å². The molecule has 0 aliphatic carbocycles. The van der Waals surface area contributed by atoms with Gasteiger partial charge in [0.05, 0.1) is 12.2 Å². The molecule has 158 valence electrons. The molecule has 0 radical (unpaired) electrons. The number of imide groups is 1. The Kier molecular flexibility index (Phi) is 4.53. The van der Waals surface area contributed by atoms with Crippen LogP contribution in [0.15, 0.2) is 79.4 Å². The lowest BCUT2D eigenvalue weighted by Crippen LogP contribution is -2.61. The van der Waals surface area contributed by atoms with Gasteiger partial charge in [-0.05, 0) is 35.4 Å². The number of benzene rings is 3. The third-order valence-electron chi connectivity index (χ3n) is 6.14. The third kappa shape index (κ3) is 2.61. The first-order valence-corrected chi connectivity index (χ1v) is 10.5. The van der Waals surface area contributed by atoms with Gasteiger partial charge in [0.15, 0.2) is 5.54 Å². The summed E-state index contributed by atoms with van der Waals surface area (Å²) in [5.41, 5.74) is 1.66. The van der Waals surface area contributed by atoms with Crippen molar-refractivity contribution in [3.63, 3.8) is 0 Å². The van der Waals surface area contributed by atoms with E-state index in [2.05, 4.69) is 6.58 Å². The van der Waals surface area contributed by atoms with Crippen molar-refractivity contribution in [2.24, 2.45) is 0 Å². The van der Waals surface area contributed by atoms with E-state index in [4.69, 9.17) is 11.6 Å². The predicted octanol–water partition coefficient (Wildman–Crippen LogP) is 4.80. The molecule has 0 saturated carbocycles. The van der Waals surface area contributed by atoms with Gasteiger partial charge in [-0.2, -0.15) is 0 Å². The third-order valence-corrected chi connectivity index (χ3v) is 6.38. The van der Waals surface area contributed by atoms with Crippen LogP contribution >= 0.6 is 11.6 Å². The van der Waals surface area contributed by atoms with E-state index in [0.29, 0.717) is 33.0 Å². The number of amides is 3. The average Bonchev–Trinajstić information content (AvgIpc) is 3.05. The first-order valence-electron chi connectivity index (χ1n) is 10.2. The molecule has 0 saturated heterocycles. The average molecular weight is 443 g/mol. The Morgan fingerprint density at radius 1 is 0.969 bits per heavy atom. The highest BCUT2D eigenvalue weighted by Gasteiger charge is 2.61. The maximum atomic E-state index is 14.2. The van der Waals surface area contributed by atoms with Crippen LogP contribution < -0.4 is 4.90 Å². The largest absolute Gasteiger partial charge is 0.288 e. The number of hydrogen-bond acceptors (Lipinski definition) is 3. The summed E-state index contributed by atoms with van der Waals surface area (Å²) in [4.78, 5) is 43.3. The Morgan fingerprint density at radius 2 is 1.66 bits per heavy atom. The van der Waals surface area contributed by atoms with Crippen LogP contribution in [0.4, 0.5) is 5.69 Å². The van der Waals surface area contributed by atoms with Crippen molar-refractivity contribution in [2.75, 3.05) is 4.90 Å². The van der Waals surface area contributed by atoms with Crippen LogP contribution in [-0.2, 0) is 21.7 Å². The number of anilines is 1. The molecule has 32 heavy (non-hydrogen) atoms. The van der Waals surface area contributed by atoms with Crippen LogP contribution in [0.5, 0.6) is 0 Å². The molecule has 3 amide bonds. The van der Waals surface area contributed by atoms with Gasteiger partial charge in [0, 0.05) is 28.6 Å². The second-order valence-corrected chi connectivity index (χ2v) is 8.37. The second-order valence-electron chi connectivity index (χ2n) is 7.93. The Hall–Kier alpha value is -3.70. The lowest BCUT2D eigenvalue weighted by Gasteiger charge is -2.45. The maximum absolute atomic E-state index is 14.2. The van der Waals surface area contributed by atoms with E-state index in [-0.39, 0.29) is 12.5 Å². The molecule has 0 fully saturated rings. The molecule has 3 aromatic carbocycles. The highest BCUT2D eigenvalue weighted by atomic mass is 35.5. The standard InChI is InChI=1S/C26H19ClN2O3/c1-16-21-14-19(27)12-13-23(21)29(17(2)30)26(16)22-11-7-6-10-20(22)24(31)28(25(26)32)15-18-8-4-3-5-9-18/h3-14H,1,15H2,2H3. The van der Waals surface area contributed by atoms with Crippen molar-refractivity contribution in [1.29, 1.82) is 0 Å². The van der Waals surface area contributed by atoms with Crippen molar-refractivity contribution >= 4 is 40.6 Å². The molecule has 0 aromatic heterocycles. The van der Waals surface area contributed by atoms with E-state index in [1.165, 1.54) is 16.7 Å². The van der Waals surface area contributed by atoms with Gasteiger partial charge < -0.3 is 0 Å². The normalized spacial score (nSPS) is 19.4. The molecule has 0 N–H and O–H groups in total. The van der Waals surface area contributed by atoms with Gasteiger partial charge in [0.2, 0.25) is 5.91 Å². The molecule has 1 spiro atoms. The topological polar surface area (TPSA) is 57.7 Å². The second kappa shape index (κ2) is 7.18. The van der Waals surface area contributed by atoms with Gasteiger partial charge in [0.1, 0.15) is 0 Å². The van der Waals surface area contributed by atoms with Crippen LogP contribution in [-0.4, -0.2) is 22.6 Å². The molecule has 1 unspecified atom stereocenters. The maximum Gasteiger partial charge on any atom is 0.265 e. The van der Waals surface area contributed by atoms with Crippen LogP contribution in [0.1, 0.15) is 34.0 Å². The molecule has 1 atom stereocenters. The minimum atomic E-state index is -1.56. The summed E-state index contributed by atoms with van der Waals surface area (Å²) >= 11 is 6.25. The highest BCUT2D eigenvalue weighted by Crippen LogP contribution is 2.56. The lowest BCUT2D eigenvalue weighted by atomic mass is 9.75. The van der Waals surface area contributed by atoms with Crippen molar-refractivity contribution in [1.82, 2.24) is 4.90 Å². The predicted molar refractivity (Wildman–Crippen MR) is 123 cm³/mol. The number of nitrogens with zero attached hydrogens (tertiary/aromatic N) is 2. The van der Waals surface area contributed by atoms with Crippen molar-refractivity contribution in [3.8, 4) is 0 Å². The molecule has 0 bridgehead atoms. The SMILES string of the molecule is C=C1c2cc(Cl)ccc2N(C(C)=O)C12C(=O)N(Cc1ccccc1)C(=O)c1ccccc12. The molecular weight excluding hydrogens is 424 g/mol. The smallest absolute Gasteiger partial charge is 0.265 e. The summed E-state index contributed by atoms with van der Waals surface area (Å²) in [6, 6.07) is 21.3. The first kappa shape index (κ1) is 20.2. The summed E-state index contributed by atoms with van der Waals surface area (Å²) in [5.74, 6) is -1.23. The van der Waals surface area contributed by atoms with Crippen molar-refractivity contribution in [2.45, 2.75) is 19.0 Å². The zero-order chi connectivity index (χ0) is 22.6. The number of hydrogen-bond donors (Lipinski definition) is 0. The number of carbonyl (C=O) groups excluding carboxylic acids is 3. The molecule has 5 rings (SSSR count). The monoisotopic (exact) mass is 442 g/mol. The van der Waals surface area contributed by atoms with E-state index in [1.807, 2.05) is 30.3 Å². The van der Waals surface area contributed by atoms with Gasteiger partial charge in [-0.1, -0.05) is 66.7 Å². The van der Waals surface area contributed by atoms with Gasteiger partial charge in [-0.3, -0.25) is 24.2 Å². The molecule has 2 aliphatic heterocycles. The Morgan fingerprint density at radius 3 is 2.38 bits per heavy atom. The number of fused-ring (bicyclic) bond motifs is 3. The molecule has 5 nitrogen and oxygen atoms in total. The van der Waals surface area contributed by atoms with Gasteiger partial charge in [0.25, 0.3) is 11.8 Å². The summed E-state index contributed by atoms with van der Waals surface area (Å²) in [5, 5.41) is 0.471. The fraction of sp³-hybridized carbons (Fsp3) is 0.115. The van der Waals surface area contributed by atoms with Gasteiger partial charge in [-0.15, -0.1) is 0 Å². The fourth-order valence-electron chi connectivity index (χ4n) is 4.81. The minimum Gasteiger partial charge on any atom is -0.288 e. The Bertz CT molecular complexity index is 1320. The van der Waals surface area contributed by atoms with Crippen LogP contribution in [0.3, 0.4) is 0 Å². The van der Waals surface area contributed by atoms with Crippen molar-refractivity contribution in [3.05, 3.63) is 107 Å². The Balaban J connectivity index is 1.79. The fourth-order valence-corrected chi connectivity index (χ4v) is 4.98.